The summed E-state index contributed by atoms with van der Waals surface area (Å²) in [5.74, 6) is 3.01. The molecule has 35 heavy (non-hydrogen) atoms. The normalized spacial score (nSPS) is 12.9. The molecule has 2 aliphatic heterocycles. The Hall–Kier alpha value is -2.81. The van der Waals surface area contributed by atoms with Crippen LogP contribution in [0.25, 0.3) is 0 Å². The Labute approximate surface area is 207 Å². The van der Waals surface area contributed by atoms with Crippen LogP contribution < -0.4 is 18.9 Å². The number of hydrogen-bond acceptors (Lipinski definition) is 8. The Morgan fingerprint density at radius 3 is 1.97 bits per heavy atom. The Morgan fingerprint density at radius 1 is 0.714 bits per heavy atom. The van der Waals surface area contributed by atoms with Gasteiger partial charge < -0.3 is 33.2 Å². The minimum atomic E-state index is 0.248. The second-order valence-corrected chi connectivity index (χ2v) is 8.09. The Morgan fingerprint density at radius 2 is 1.31 bits per heavy atom. The first-order valence-electron chi connectivity index (χ1n) is 12.2. The molecular formula is C27H36O8. The maximum atomic E-state index is 10.3. The lowest BCUT2D eigenvalue weighted by Crippen LogP contribution is -2.10. The molecule has 0 spiro atoms. The molecule has 0 radical (unpaired) electrons. The van der Waals surface area contributed by atoms with Gasteiger partial charge in [0.05, 0.1) is 33.0 Å². The van der Waals surface area contributed by atoms with E-state index in [0.717, 1.165) is 50.1 Å². The largest absolute Gasteiger partial charge is 0.454 e. The quantitative estimate of drug-likeness (QED) is 0.273. The number of aryl methyl sites for hydroxylation is 1. The van der Waals surface area contributed by atoms with E-state index in [-0.39, 0.29) is 6.79 Å². The molecule has 0 fully saturated rings. The van der Waals surface area contributed by atoms with Gasteiger partial charge in [-0.25, -0.2) is 0 Å². The van der Waals surface area contributed by atoms with Gasteiger partial charge in [-0.1, -0.05) is 26.7 Å². The van der Waals surface area contributed by atoms with Crippen molar-refractivity contribution < 1.29 is 38.0 Å². The first-order valence-corrected chi connectivity index (χ1v) is 12.2. The highest BCUT2D eigenvalue weighted by atomic mass is 16.7. The Bertz CT molecular complexity index is 914. The molecule has 2 aliphatic rings. The fraction of sp³-hybridized carbons (Fsp3) is 0.519. The van der Waals surface area contributed by atoms with Crippen molar-refractivity contribution in [3.63, 3.8) is 0 Å². The second-order valence-electron chi connectivity index (χ2n) is 8.09. The summed E-state index contributed by atoms with van der Waals surface area (Å²) in [4.78, 5) is 10.3. The second kappa shape index (κ2) is 15.2. The van der Waals surface area contributed by atoms with Crippen LogP contribution in [-0.2, 0) is 27.2 Å². The van der Waals surface area contributed by atoms with E-state index in [4.69, 9.17) is 33.2 Å². The van der Waals surface area contributed by atoms with Crippen molar-refractivity contribution >= 4 is 6.29 Å². The third kappa shape index (κ3) is 8.72. The van der Waals surface area contributed by atoms with Crippen LogP contribution in [0.4, 0.5) is 0 Å². The SMILES string of the molecule is CCCCOCCOCCOCc1cc2c(cc1CCC)OCO2.O=Cc1ccc2c(c1)OCO2. The van der Waals surface area contributed by atoms with Gasteiger partial charge in [0.2, 0.25) is 13.6 Å². The van der Waals surface area contributed by atoms with E-state index in [9.17, 15) is 4.79 Å². The topological polar surface area (TPSA) is 81.7 Å². The minimum absolute atomic E-state index is 0.248. The third-order valence-corrected chi connectivity index (χ3v) is 5.39. The lowest BCUT2D eigenvalue weighted by atomic mass is 10.0. The number of ether oxygens (including phenoxy) is 7. The first kappa shape index (κ1) is 26.8. The van der Waals surface area contributed by atoms with Crippen LogP contribution in [0.1, 0.15) is 54.6 Å². The van der Waals surface area contributed by atoms with Crippen LogP contribution in [0.5, 0.6) is 23.0 Å². The van der Waals surface area contributed by atoms with Crippen molar-refractivity contribution in [3.8, 4) is 23.0 Å². The molecule has 192 valence electrons. The van der Waals surface area contributed by atoms with Crippen LogP contribution in [0.15, 0.2) is 30.3 Å². The summed E-state index contributed by atoms with van der Waals surface area (Å²) in [7, 11) is 0. The summed E-state index contributed by atoms with van der Waals surface area (Å²) in [6.07, 6.45) is 5.16. The number of benzene rings is 2. The van der Waals surface area contributed by atoms with Crippen LogP contribution in [0.3, 0.4) is 0 Å². The molecule has 0 aliphatic carbocycles. The van der Waals surface area contributed by atoms with Crippen molar-refractivity contribution in [1.29, 1.82) is 0 Å². The first-order chi connectivity index (χ1) is 17.2. The van der Waals surface area contributed by atoms with Crippen LogP contribution in [-0.4, -0.2) is 52.9 Å². The van der Waals surface area contributed by atoms with Gasteiger partial charge in [-0.05, 0) is 54.3 Å². The molecule has 0 saturated heterocycles. The van der Waals surface area contributed by atoms with E-state index in [0.29, 0.717) is 56.9 Å². The predicted molar refractivity (Wildman–Crippen MR) is 131 cm³/mol. The molecule has 2 heterocycles. The van der Waals surface area contributed by atoms with Crippen LogP contribution in [0, 0.1) is 0 Å². The highest BCUT2D eigenvalue weighted by Gasteiger charge is 2.17. The van der Waals surface area contributed by atoms with E-state index >= 15 is 0 Å². The van der Waals surface area contributed by atoms with Gasteiger partial charge in [0, 0.05) is 12.2 Å². The van der Waals surface area contributed by atoms with Crippen molar-refractivity contribution in [1.82, 2.24) is 0 Å². The van der Waals surface area contributed by atoms with E-state index in [1.165, 1.54) is 11.1 Å². The fourth-order valence-corrected chi connectivity index (χ4v) is 3.52. The number of fused-ring (bicyclic) bond motifs is 2. The maximum Gasteiger partial charge on any atom is 0.231 e. The zero-order valence-electron chi connectivity index (χ0n) is 20.7. The molecule has 2 aromatic rings. The standard InChI is InChI=1S/C19H30O5.C8H6O3/c1-3-5-7-20-8-9-21-10-11-22-14-17-13-19-18(23-15-24-19)12-16(17)6-4-2;9-4-6-1-2-7-8(3-6)11-5-10-7/h12-13H,3-11,14-15H2,1-2H3;1-4H,5H2. The van der Waals surface area contributed by atoms with E-state index in [1.807, 2.05) is 6.07 Å². The summed E-state index contributed by atoms with van der Waals surface area (Å²) in [6.45, 7) is 8.72. The zero-order valence-corrected chi connectivity index (χ0v) is 20.7. The number of unbranched alkanes of at least 4 members (excludes halogenated alkanes) is 1. The molecule has 2 aromatic carbocycles. The van der Waals surface area contributed by atoms with Crippen LogP contribution >= 0.6 is 0 Å². The predicted octanol–water partition coefficient (Wildman–Crippen LogP) is 4.95. The highest BCUT2D eigenvalue weighted by molar-refractivity contribution is 5.76. The molecule has 0 aromatic heterocycles. The smallest absolute Gasteiger partial charge is 0.231 e. The summed E-state index contributed by atoms with van der Waals surface area (Å²) >= 11 is 0. The minimum Gasteiger partial charge on any atom is -0.454 e. The van der Waals surface area contributed by atoms with Crippen molar-refractivity contribution in [2.75, 3.05) is 46.6 Å². The molecular weight excluding hydrogens is 452 g/mol. The molecule has 0 amide bonds. The summed E-state index contributed by atoms with van der Waals surface area (Å²) in [5, 5.41) is 0. The lowest BCUT2D eigenvalue weighted by molar-refractivity contribution is 0.0101. The average Bonchev–Trinajstić information content (AvgIpc) is 3.54. The van der Waals surface area contributed by atoms with Gasteiger partial charge in [0.25, 0.3) is 0 Å². The number of hydrogen-bond donors (Lipinski definition) is 0. The molecule has 4 rings (SSSR count). The lowest BCUT2D eigenvalue weighted by Gasteiger charge is -2.11. The third-order valence-electron chi connectivity index (χ3n) is 5.39. The average molecular weight is 489 g/mol. The number of rotatable bonds is 14. The molecule has 0 unspecified atom stereocenters. The van der Waals surface area contributed by atoms with Crippen molar-refractivity contribution in [2.45, 2.75) is 46.1 Å². The zero-order chi connectivity index (χ0) is 24.7. The number of carbonyl (C=O) groups is 1. The molecule has 8 nitrogen and oxygen atoms in total. The van der Waals surface area contributed by atoms with E-state index in [1.54, 1.807) is 18.2 Å². The Kier molecular flexibility index (Phi) is 11.7. The van der Waals surface area contributed by atoms with Gasteiger partial charge in [0.15, 0.2) is 23.0 Å². The van der Waals surface area contributed by atoms with Gasteiger partial charge >= 0.3 is 0 Å². The van der Waals surface area contributed by atoms with Gasteiger partial charge in [-0.15, -0.1) is 0 Å². The van der Waals surface area contributed by atoms with Crippen LogP contribution in [0.2, 0.25) is 0 Å². The monoisotopic (exact) mass is 488 g/mol. The fourth-order valence-electron chi connectivity index (χ4n) is 3.52. The van der Waals surface area contributed by atoms with Crippen molar-refractivity contribution in [2.24, 2.45) is 0 Å². The summed E-state index contributed by atoms with van der Waals surface area (Å²) in [5.41, 5.74) is 3.05. The van der Waals surface area contributed by atoms with Gasteiger partial charge in [0.1, 0.15) is 6.29 Å². The number of aldehydes is 1. The van der Waals surface area contributed by atoms with Gasteiger partial charge in [-0.3, -0.25) is 4.79 Å². The molecule has 0 saturated carbocycles. The summed E-state index contributed by atoms with van der Waals surface area (Å²) in [6, 6.07) is 9.20. The number of carbonyl (C=O) groups excluding carboxylic acids is 1. The maximum absolute atomic E-state index is 10.3. The Balaban J connectivity index is 0.000000256. The van der Waals surface area contributed by atoms with Crippen molar-refractivity contribution in [3.05, 3.63) is 47.0 Å². The highest BCUT2D eigenvalue weighted by Crippen LogP contribution is 2.35. The van der Waals surface area contributed by atoms with E-state index < -0.39 is 0 Å². The molecule has 8 heteroatoms. The van der Waals surface area contributed by atoms with Gasteiger partial charge in [-0.2, -0.15) is 0 Å². The molecule has 0 bridgehead atoms. The molecule has 0 N–H and O–H groups in total. The van der Waals surface area contributed by atoms with E-state index in [2.05, 4.69) is 19.9 Å². The molecule has 0 atom stereocenters. The summed E-state index contributed by atoms with van der Waals surface area (Å²) < 4.78 is 37.7.